The average molecular weight is 472 g/mol. The fourth-order valence-corrected chi connectivity index (χ4v) is 2.92. The molecule has 0 saturated carbocycles. The van der Waals surface area contributed by atoms with Crippen LogP contribution in [0, 0.1) is 10.8 Å². The van der Waals surface area contributed by atoms with Crippen LogP contribution in [-0.2, 0) is 23.7 Å². The molecule has 0 aliphatic carbocycles. The Morgan fingerprint density at radius 2 is 1.75 bits per heavy atom. The van der Waals surface area contributed by atoms with Gasteiger partial charge in [0, 0.05) is 5.46 Å². The molecule has 8 nitrogen and oxygen atoms in total. The largest absolute Gasteiger partial charge is 0.495 e. The highest BCUT2D eigenvalue weighted by Gasteiger charge is 2.38. The zero-order chi connectivity index (χ0) is 23.4. The lowest BCUT2D eigenvalue weighted by molar-refractivity contribution is -0.170. The van der Waals surface area contributed by atoms with Crippen molar-refractivity contribution in [3.05, 3.63) is 23.8 Å². The molecule has 1 aliphatic rings. The van der Waals surface area contributed by atoms with Crippen LogP contribution in [0.25, 0.3) is 0 Å². The molecule has 3 N–H and O–H groups in total. The van der Waals surface area contributed by atoms with Gasteiger partial charge in [-0.3, -0.25) is 9.59 Å². The summed E-state index contributed by atoms with van der Waals surface area (Å²) in [4.78, 5) is 24.5. The molecule has 0 saturated heterocycles. The van der Waals surface area contributed by atoms with Crippen LogP contribution < -0.4 is 15.9 Å². The number of rotatable bonds is 8. The van der Waals surface area contributed by atoms with Crippen molar-refractivity contribution in [3.8, 4) is 5.75 Å². The molecule has 180 valence electrons. The van der Waals surface area contributed by atoms with E-state index in [0.717, 1.165) is 5.56 Å². The highest BCUT2D eigenvalue weighted by atomic mass is 35.5. The number of carbonyl (C=O) groups excluding carboxylic acids is 2. The molecule has 0 fully saturated rings. The second kappa shape index (κ2) is 11.4. The zero-order valence-electron chi connectivity index (χ0n) is 19.7. The van der Waals surface area contributed by atoms with Gasteiger partial charge >= 0.3 is 19.1 Å². The summed E-state index contributed by atoms with van der Waals surface area (Å²) < 4.78 is 22.4. The summed E-state index contributed by atoms with van der Waals surface area (Å²) in [6, 6.07) is 5.37. The van der Waals surface area contributed by atoms with E-state index in [4.69, 9.17) is 24.6 Å². The summed E-state index contributed by atoms with van der Waals surface area (Å²) in [5.74, 6) is -0.417. The van der Waals surface area contributed by atoms with Crippen molar-refractivity contribution in [1.82, 2.24) is 0 Å². The maximum atomic E-state index is 12.4. The number of hydrogen-bond donors (Lipinski definition) is 2. The summed E-state index contributed by atoms with van der Waals surface area (Å²) in [7, 11) is -1.13. The average Bonchev–Trinajstić information content (AvgIpc) is 2.98. The fourth-order valence-electron chi connectivity index (χ4n) is 2.92. The third kappa shape index (κ3) is 7.37. The predicted molar refractivity (Wildman–Crippen MR) is 124 cm³/mol. The van der Waals surface area contributed by atoms with Gasteiger partial charge in [-0.2, -0.15) is 0 Å². The summed E-state index contributed by atoms with van der Waals surface area (Å²) in [6.07, 6.45) is -0.545. The van der Waals surface area contributed by atoms with E-state index in [0.29, 0.717) is 24.2 Å². The molecule has 32 heavy (non-hydrogen) atoms. The van der Waals surface area contributed by atoms with Crippen LogP contribution in [0.15, 0.2) is 18.2 Å². The quantitative estimate of drug-likeness (QED) is 0.437. The van der Waals surface area contributed by atoms with Crippen LogP contribution in [0.5, 0.6) is 5.75 Å². The molecule has 1 heterocycles. The van der Waals surface area contributed by atoms with E-state index in [-0.39, 0.29) is 31.7 Å². The number of halogens is 1. The Labute approximate surface area is 196 Å². The van der Waals surface area contributed by atoms with Crippen LogP contribution in [0.2, 0.25) is 0 Å². The highest BCUT2D eigenvalue weighted by molar-refractivity contribution is 6.62. The molecule has 0 radical (unpaired) electrons. The third-order valence-corrected chi connectivity index (χ3v) is 4.74. The first-order chi connectivity index (χ1) is 14.3. The Morgan fingerprint density at radius 3 is 2.31 bits per heavy atom. The lowest BCUT2D eigenvalue weighted by atomic mass is 9.78. The van der Waals surface area contributed by atoms with Gasteiger partial charge in [0.15, 0.2) is 6.10 Å². The standard InChI is InChI=1S/C22H34BNO7.ClH/c1-21(2,3)19(25)29-13-14(30-20(26)22(4,5)6)12-28-17-9-7-8-15-16(10-11-24)31-23(27)18(15)17;/h7-9,14,16,27H,10-13,24H2,1-6H3;1H/t14-,16-;/m0./s1. The topological polar surface area (TPSA) is 117 Å². The summed E-state index contributed by atoms with van der Waals surface area (Å²) >= 11 is 0. The smallest absolute Gasteiger partial charge is 0.490 e. The van der Waals surface area contributed by atoms with Crippen molar-refractivity contribution in [1.29, 1.82) is 0 Å². The minimum Gasteiger partial charge on any atom is -0.490 e. The minimum atomic E-state index is -1.13. The Kier molecular flexibility index (Phi) is 10.0. The van der Waals surface area contributed by atoms with E-state index >= 15 is 0 Å². The number of benzene rings is 1. The van der Waals surface area contributed by atoms with Crippen molar-refractivity contribution in [2.45, 2.75) is 60.2 Å². The normalized spacial score (nSPS) is 16.6. The number of nitrogens with two attached hydrogens (primary N) is 1. The van der Waals surface area contributed by atoms with Gasteiger partial charge in [0.25, 0.3) is 0 Å². The molecule has 1 aliphatic heterocycles. The van der Waals surface area contributed by atoms with Crippen LogP contribution >= 0.6 is 12.4 Å². The van der Waals surface area contributed by atoms with Crippen molar-refractivity contribution < 1.29 is 33.5 Å². The molecule has 0 bridgehead atoms. The molecule has 0 spiro atoms. The SMILES string of the molecule is CC(C)(C)C(=O)OC[C@H](COc1cccc2c1B(O)O[C@H]2CCN)OC(=O)C(C)(C)C.Cl. The number of carbonyl (C=O) groups is 2. The summed E-state index contributed by atoms with van der Waals surface area (Å²) in [5, 5.41) is 10.3. The molecule has 2 rings (SSSR count). The van der Waals surface area contributed by atoms with Crippen molar-refractivity contribution in [2.24, 2.45) is 16.6 Å². The van der Waals surface area contributed by atoms with E-state index in [2.05, 4.69) is 0 Å². The van der Waals surface area contributed by atoms with Crippen LogP contribution in [0.4, 0.5) is 0 Å². The van der Waals surface area contributed by atoms with E-state index in [9.17, 15) is 14.6 Å². The zero-order valence-corrected chi connectivity index (χ0v) is 20.5. The van der Waals surface area contributed by atoms with Crippen LogP contribution in [0.1, 0.15) is 59.6 Å². The Morgan fingerprint density at radius 1 is 1.12 bits per heavy atom. The lowest BCUT2D eigenvalue weighted by Gasteiger charge is -2.25. The Balaban J connectivity index is 0.00000512. The summed E-state index contributed by atoms with van der Waals surface area (Å²) in [5.41, 5.74) is 5.58. The minimum absolute atomic E-state index is 0. The van der Waals surface area contributed by atoms with E-state index in [1.165, 1.54) is 0 Å². The van der Waals surface area contributed by atoms with Gasteiger partial charge in [0.05, 0.1) is 16.9 Å². The van der Waals surface area contributed by atoms with Gasteiger partial charge in [0.2, 0.25) is 0 Å². The van der Waals surface area contributed by atoms with Crippen LogP contribution in [-0.4, -0.2) is 49.9 Å². The molecule has 10 heteroatoms. The summed E-state index contributed by atoms with van der Waals surface area (Å²) in [6.45, 7) is 10.7. The Bertz CT molecular complexity index is 791. The van der Waals surface area contributed by atoms with E-state index < -0.39 is 36.0 Å². The van der Waals surface area contributed by atoms with Gasteiger partial charge in [0.1, 0.15) is 19.0 Å². The van der Waals surface area contributed by atoms with E-state index in [1.54, 1.807) is 53.7 Å². The number of fused-ring (bicyclic) bond motifs is 1. The van der Waals surface area contributed by atoms with Gasteiger partial charge in [-0.15, -0.1) is 12.4 Å². The van der Waals surface area contributed by atoms with Crippen LogP contribution in [0.3, 0.4) is 0 Å². The maximum Gasteiger partial charge on any atom is 0.495 e. The first kappa shape index (κ1) is 28.2. The van der Waals surface area contributed by atoms with Crippen molar-refractivity contribution in [2.75, 3.05) is 19.8 Å². The van der Waals surface area contributed by atoms with E-state index in [1.807, 2.05) is 6.07 Å². The first-order valence-electron chi connectivity index (χ1n) is 10.5. The molecule has 1 aromatic rings. The lowest BCUT2D eigenvalue weighted by Crippen LogP contribution is -2.37. The molecule has 1 aromatic carbocycles. The highest BCUT2D eigenvalue weighted by Crippen LogP contribution is 2.30. The predicted octanol–water partition coefficient (Wildman–Crippen LogP) is 2.14. The third-order valence-electron chi connectivity index (χ3n) is 4.74. The monoisotopic (exact) mass is 471 g/mol. The second-order valence-electron chi connectivity index (χ2n) is 9.75. The first-order valence-corrected chi connectivity index (χ1v) is 10.5. The van der Waals surface area contributed by atoms with Gasteiger partial charge in [-0.1, -0.05) is 12.1 Å². The molecule has 0 unspecified atom stereocenters. The molecular formula is C22H35BClNO7. The number of hydrogen-bond acceptors (Lipinski definition) is 8. The maximum absolute atomic E-state index is 12.4. The van der Waals surface area contributed by atoms with Gasteiger partial charge in [-0.25, -0.2) is 0 Å². The van der Waals surface area contributed by atoms with Gasteiger partial charge in [-0.05, 0) is 66.1 Å². The molecular weight excluding hydrogens is 437 g/mol. The Hall–Kier alpha value is -1.81. The van der Waals surface area contributed by atoms with Crippen molar-refractivity contribution >= 4 is 36.9 Å². The molecule has 2 atom stereocenters. The second-order valence-corrected chi connectivity index (χ2v) is 9.75. The van der Waals surface area contributed by atoms with Gasteiger partial charge < -0.3 is 29.6 Å². The molecule has 0 aromatic heterocycles. The fraction of sp³-hybridized carbons (Fsp3) is 0.636. The number of esters is 2. The van der Waals surface area contributed by atoms with Crippen molar-refractivity contribution in [3.63, 3.8) is 0 Å². The number of ether oxygens (including phenoxy) is 3. The molecule has 0 amide bonds.